The molecule has 4 rings (SSSR count). The van der Waals surface area contributed by atoms with Crippen molar-refractivity contribution in [2.45, 2.75) is 44.7 Å². The second kappa shape index (κ2) is 9.01. The van der Waals surface area contributed by atoms with E-state index in [2.05, 4.69) is 33.4 Å². The first-order valence-corrected chi connectivity index (χ1v) is 10.3. The standard InChI is InChI=1S/C23H27N5O/c1-27(20-8-3-2-4-9-20)15-19-7-5-6-10-22(19)26-23(29)18-11-13-21(14-12-18)28-17-24-16-25-28/h5-7,10-14,16-17,20H,2-4,8-9,15H2,1H3,(H,26,29). The summed E-state index contributed by atoms with van der Waals surface area (Å²) in [6.45, 7) is 0.840. The van der Waals surface area contributed by atoms with Crippen LogP contribution in [0, 0.1) is 0 Å². The van der Waals surface area contributed by atoms with Crippen LogP contribution < -0.4 is 5.32 Å². The lowest BCUT2D eigenvalue weighted by atomic mass is 9.94. The minimum atomic E-state index is -0.108. The van der Waals surface area contributed by atoms with E-state index in [1.165, 1.54) is 38.4 Å². The molecule has 0 spiro atoms. The van der Waals surface area contributed by atoms with Crippen molar-refractivity contribution in [2.75, 3.05) is 12.4 Å². The number of rotatable bonds is 6. The molecule has 29 heavy (non-hydrogen) atoms. The maximum absolute atomic E-state index is 12.8. The zero-order chi connectivity index (χ0) is 20.1. The number of para-hydroxylation sites is 1. The topological polar surface area (TPSA) is 63.1 Å². The molecule has 0 bridgehead atoms. The zero-order valence-electron chi connectivity index (χ0n) is 16.8. The van der Waals surface area contributed by atoms with Crippen LogP contribution in [-0.2, 0) is 6.54 Å². The minimum absolute atomic E-state index is 0.108. The molecule has 0 saturated heterocycles. The van der Waals surface area contributed by atoms with Gasteiger partial charge in [0.05, 0.1) is 5.69 Å². The number of hydrogen-bond donors (Lipinski definition) is 1. The molecule has 1 aliphatic carbocycles. The van der Waals surface area contributed by atoms with E-state index >= 15 is 0 Å². The quantitative estimate of drug-likeness (QED) is 0.683. The van der Waals surface area contributed by atoms with Crippen LogP contribution in [0.5, 0.6) is 0 Å². The van der Waals surface area contributed by atoms with Gasteiger partial charge in [0.2, 0.25) is 0 Å². The van der Waals surface area contributed by atoms with Gasteiger partial charge in [-0.25, -0.2) is 9.67 Å². The van der Waals surface area contributed by atoms with E-state index in [-0.39, 0.29) is 5.91 Å². The third kappa shape index (κ3) is 4.71. The van der Waals surface area contributed by atoms with Crippen molar-refractivity contribution in [3.63, 3.8) is 0 Å². The van der Waals surface area contributed by atoms with E-state index in [4.69, 9.17) is 0 Å². The molecule has 0 aliphatic heterocycles. The Bertz CT molecular complexity index is 930. The molecule has 1 aromatic heterocycles. The number of aromatic nitrogens is 3. The molecular weight excluding hydrogens is 362 g/mol. The first-order chi connectivity index (χ1) is 14.2. The summed E-state index contributed by atoms with van der Waals surface area (Å²) in [4.78, 5) is 19.2. The summed E-state index contributed by atoms with van der Waals surface area (Å²) in [6, 6.07) is 16.1. The predicted molar refractivity (Wildman–Crippen MR) is 114 cm³/mol. The summed E-state index contributed by atoms with van der Waals surface area (Å²) in [5.41, 5.74) is 3.51. The van der Waals surface area contributed by atoms with Crippen LogP contribution in [0.25, 0.3) is 5.69 Å². The number of hydrogen-bond acceptors (Lipinski definition) is 4. The highest BCUT2D eigenvalue weighted by molar-refractivity contribution is 6.04. The van der Waals surface area contributed by atoms with Gasteiger partial charge in [0, 0.05) is 23.8 Å². The number of nitrogens with one attached hydrogen (secondary N) is 1. The first kappa shape index (κ1) is 19.3. The molecule has 1 heterocycles. The Balaban J connectivity index is 1.44. The zero-order valence-corrected chi connectivity index (χ0v) is 16.8. The average Bonchev–Trinajstić information content (AvgIpc) is 3.31. The lowest BCUT2D eigenvalue weighted by molar-refractivity contribution is 0.102. The van der Waals surface area contributed by atoms with Gasteiger partial charge in [-0.2, -0.15) is 5.10 Å². The van der Waals surface area contributed by atoms with Gasteiger partial charge >= 0.3 is 0 Å². The molecule has 1 N–H and O–H groups in total. The monoisotopic (exact) mass is 389 g/mol. The summed E-state index contributed by atoms with van der Waals surface area (Å²) >= 11 is 0. The Morgan fingerprint density at radius 1 is 1.10 bits per heavy atom. The SMILES string of the molecule is CN(Cc1ccccc1NC(=O)c1ccc(-n2cncn2)cc1)C1CCCCC1. The molecule has 3 aromatic rings. The van der Waals surface area contributed by atoms with Gasteiger partial charge in [0.1, 0.15) is 12.7 Å². The molecule has 1 amide bonds. The third-order valence-corrected chi connectivity index (χ3v) is 5.70. The van der Waals surface area contributed by atoms with Crippen LogP contribution in [0.2, 0.25) is 0 Å². The Labute approximate surface area is 171 Å². The van der Waals surface area contributed by atoms with E-state index in [0.717, 1.165) is 23.5 Å². The van der Waals surface area contributed by atoms with E-state index in [9.17, 15) is 4.79 Å². The summed E-state index contributed by atoms with van der Waals surface area (Å²) in [7, 11) is 2.19. The van der Waals surface area contributed by atoms with Gasteiger partial charge in [0.25, 0.3) is 5.91 Å². The molecule has 1 aliphatic rings. The summed E-state index contributed by atoms with van der Waals surface area (Å²) in [6.07, 6.45) is 9.64. The van der Waals surface area contributed by atoms with Crippen LogP contribution in [0.1, 0.15) is 48.0 Å². The average molecular weight is 390 g/mol. The smallest absolute Gasteiger partial charge is 0.255 e. The summed E-state index contributed by atoms with van der Waals surface area (Å²) < 4.78 is 1.66. The molecule has 6 heteroatoms. The van der Waals surface area contributed by atoms with Crippen molar-refractivity contribution in [3.8, 4) is 5.69 Å². The fourth-order valence-electron chi connectivity index (χ4n) is 4.00. The van der Waals surface area contributed by atoms with Crippen LogP contribution in [-0.4, -0.2) is 38.7 Å². The van der Waals surface area contributed by atoms with E-state index in [1.807, 2.05) is 42.5 Å². The van der Waals surface area contributed by atoms with E-state index in [0.29, 0.717) is 11.6 Å². The van der Waals surface area contributed by atoms with E-state index in [1.54, 1.807) is 11.0 Å². The lowest BCUT2D eigenvalue weighted by Gasteiger charge is -2.31. The predicted octanol–water partition coefficient (Wildman–Crippen LogP) is 4.28. The molecule has 1 saturated carbocycles. The lowest BCUT2D eigenvalue weighted by Crippen LogP contribution is -2.33. The minimum Gasteiger partial charge on any atom is -0.322 e. The van der Waals surface area contributed by atoms with Crippen molar-refractivity contribution in [3.05, 3.63) is 72.3 Å². The largest absolute Gasteiger partial charge is 0.322 e. The van der Waals surface area contributed by atoms with Crippen molar-refractivity contribution >= 4 is 11.6 Å². The molecule has 150 valence electrons. The molecule has 2 aromatic carbocycles. The number of benzene rings is 2. The highest BCUT2D eigenvalue weighted by Crippen LogP contribution is 2.25. The van der Waals surface area contributed by atoms with Gasteiger partial charge in [0.15, 0.2) is 0 Å². The number of carbonyl (C=O) groups is 1. The Kier molecular flexibility index (Phi) is 6.00. The van der Waals surface area contributed by atoms with Gasteiger partial charge in [-0.1, -0.05) is 37.5 Å². The van der Waals surface area contributed by atoms with Crippen LogP contribution in [0.15, 0.2) is 61.2 Å². The number of nitrogens with zero attached hydrogens (tertiary/aromatic N) is 4. The number of amides is 1. The summed E-state index contributed by atoms with van der Waals surface area (Å²) in [5.74, 6) is -0.108. The molecule has 0 atom stereocenters. The van der Waals surface area contributed by atoms with Gasteiger partial charge in [-0.3, -0.25) is 9.69 Å². The Morgan fingerprint density at radius 3 is 2.59 bits per heavy atom. The maximum atomic E-state index is 12.8. The second-order valence-corrected chi connectivity index (χ2v) is 7.71. The highest BCUT2D eigenvalue weighted by Gasteiger charge is 2.19. The molecular formula is C23H27N5O. The van der Waals surface area contributed by atoms with Gasteiger partial charge in [-0.15, -0.1) is 0 Å². The fourth-order valence-corrected chi connectivity index (χ4v) is 4.00. The number of carbonyl (C=O) groups excluding carboxylic acids is 1. The van der Waals surface area contributed by atoms with E-state index < -0.39 is 0 Å². The summed E-state index contributed by atoms with van der Waals surface area (Å²) in [5, 5.41) is 7.20. The number of anilines is 1. The van der Waals surface area contributed by atoms with Gasteiger partial charge < -0.3 is 5.32 Å². The van der Waals surface area contributed by atoms with Gasteiger partial charge in [-0.05, 0) is 55.8 Å². The Morgan fingerprint density at radius 2 is 1.86 bits per heavy atom. The fraction of sp³-hybridized carbons (Fsp3) is 0.348. The van der Waals surface area contributed by atoms with Crippen molar-refractivity contribution < 1.29 is 4.79 Å². The maximum Gasteiger partial charge on any atom is 0.255 e. The third-order valence-electron chi connectivity index (χ3n) is 5.70. The van der Waals surface area contributed by atoms with Crippen molar-refractivity contribution in [1.82, 2.24) is 19.7 Å². The highest BCUT2D eigenvalue weighted by atomic mass is 16.1. The van der Waals surface area contributed by atoms with Crippen molar-refractivity contribution in [2.24, 2.45) is 0 Å². The molecule has 6 nitrogen and oxygen atoms in total. The molecule has 0 unspecified atom stereocenters. The first-order valence-electron chi connectivity index (χ1n) is 10.3. The van der Waals surface area contributed by atoms with Crippen LogP contribution in [0.4, 0.5) is 5.69 Å². The van der Waals surface area contributed by atoms with Crippen LogP contribution in [0.3, 0.4) is 0 Å². The molecule has 0 radical (unpaired) electrons. The van der Waals surface area contributed by atoms with Crippen molar-refractivity contribution in [1.29, 1.82) is 0 Å². The normalized spacial score (nSPS) is 14.8. The Hall–Kier alpha value is -2.99. The second-order valence-electron chi connectivity index (χ2n) is 7.71. The van der Waals surface area contributed by atoms with Crippen LogP contribution >= 0.6 is 0 Å². The molecule has 1 fully saturated rings.